The molecule has 0 saturated heterocycles. The molecule has 7 heteroatoms. The van der Waals surface area contributed by atoms with Crippen molar-refractivity contribution in [2.75, 3.05) is 26.7 Å². The number of nitrogens with one attached hydrogen (secondary N) is 3. The van der Waals surface area contributed by atoms with Crippen molar-refractivity contribution in [3.63, 3.8) is 0 Å². The molecule has 0 atom stereocenters. The third-order valence-electron chi connectivity index (χ3n) is 3.41. The van der Waals surface area contributed by atoms with E-state index in [4.69, 9.17) is 11.5 Å². The Labute approximate surface area is 146 Å². The molecule has 0 aromatic heterocycles. The minimum Gasteiger partial charge on any atom is -0.399 e. The molecule has 0 radical (unpaired) electrons. The fraction of sp³-hybridized carbons (Fsp3) is 0. The Balaban J connectivity index is 1.90. The highest BCUT2D eigenvalue weighted by atomic mass is 31.2. The lowest BCUT2D eigenvalue weighted by Crippen LogP contribution is -2.14. The first-order chi connectivity index (χ1) is 12.0. The lowest BCUT2D eigenvalue weighted by atomic mass is 10.3. The number of benzene rings is 3. The molecule has 128 valence electrons. The fourth-order valence-corrected chi connectivity index (χ4v) is 4.04. The van der Waals surface area contributed by atoms with Crippen molar-refractivity contribution in [3.8, 4) is 0 Å². The molecule has 0 bridgehead atoms. The zero-order valence-corrected chi connectivity index (χ0v) is 14.4. The van der Waals surface area contributed by atoms with E-state index in [0.717, 1.165) is 5.69 Å². The summed E-state index contributed by atoms with van der Waals surface area (Å²) in [5, 5.41) is 9.09. The summed E-state index contributed by atoms with van der Waals surface area (Å²) in [6.07, 6.45) is 0. The summed E-state index contributed by atoms with van der Waals surface area (Å²) in [6.45, 7) is 0. The van der Waals surface area contributed by atoms with Crippen LogP contribution < -0.4 is 26.7 Å². The predicted octanol–water partition coefficient (Wildman–Crippen LogP) is 4.60. The van der Waals surface area contributed by atoms with Crippen LogP contribution in [-0.4, -0.2) is 0 Å². The zero-order valence-electron chi connectivity index (χ0n) is 13.5. The normalized spacial score (nSPS) is 10.9. The lowest BCUT2D eigenvalue weighted by molar-refractivity contribution is 0.585. The molecule has 0 spiro atoms. The van der Waals surface area contributed by atoms with Gasteiger partial charge in [0.1, 0.15) is 0 Å². The van der Waals surface area contributed by atoms with Crippen LogP contribution in [0.1, 0.15) is 0 Å². The Morgan fingerprint density at radius 3 is 1.52 bits per heavy atom. The first-order valence-corrected chi connectivity index (χ1v) is 9.44. The lowest BCUT2D eigenvalue weighted by Gasteiger charge is -2.24. The molecule has 3 rings (SSSR count). The van der Waals surface area contributed by atoms with Crippen molar-refractivity contribution in [1.29, 1.82) is 0 Å². The number of hydrogen-bond acceptors (Lipinski definition) is 3. The monoisotopic (exact) mass is 353 g/mol. The highest BCUT2D eigenvalue weighted by Crippen LogP contribution is 2.45. The summed E-state index contributed by atoms with van der Waals surface area (Å²) < 4.78 is 13.5. The van der Waals surface area contributed by atoms with Crippen LogP contribution in [0.3, 0.4) is 0 Å². The number of hydrogen-bond donors (Lipinski definition) is 5. The maximum atomic E-state index is 13.5. The Morgan fingerprint density at radius 1 is 0.600 bits per heavy atom. The van der Waals surface area contributed by atoms with Crippen molar-refractivity contribution in [1.82, 2.24) is 0 Å². The van der Waals surface area contributed by atoms with Crippen molar-refractivity contribution < 1.29 is 4.57 Å². The Morgan fingerprint density at radius 2 is 1.04 bits per heavy atom. The molecule has 25 heavy (non-hydrogen) atoms. The zero-order chi connectivity index (χ0) is 17.7. The second-order valence-electron chi connectivity index (χ2n) is 5.56. The molecule has 0 aliphatic carbocycles. The van der Waals surface area contributed by atoms with Gasteiger partial charge in [0.25, 0.3) is 0 Å². The average molecular weight is 353 g/mol. The molecule has 3 aromatic carbocycles. The Kier molecular flexibility index (Phi) is 4.82. The van der Waals surface area contributed by atoms with E-state index in [1.807, 2.05) is 30.3 Å². The molecule has 0 amide bonds. The standard InChI is InChI=1S/C18H20N5OP/c19-14-6-4-10-17(12-14)22-25(24,21-16-8-2-1-3-9-16)23-18-11-5-7-15(20)13-18/h1-13H,19-20H2,(H3,21,22,23,24). The summed E-state index contributed by atoms with van der Waals surface area (Å²) in [7, 11) is -3.29. The van der Waals surface area contributed by atoms with E-state index in [1.165, 1.54) is 0 Å². The van der Waals surface area contributed by atoms with E-state index in [0.29, 0.717) is 22.7 Å². The number of nitrogen functional groups attached to an aromatic ring is 2. The Hall–Kier alpha value is -3.11. The van der Waals surface area contributed by atoms with Gasteiger partial charge in [-0.25, -0.2) is 0 Å². The minimum absolute atomic E-state index is 0.584. The average Bonchev–Trinajstić information content (AvgIpc) is 2.55. The van der Waals surface area contributed by atoms with Gasteiger partial charge in [0.15, 0.2) is 0 Å². The summed E-state index contributed by atoms with van der Waals surface area (Å²) in [5.41, 5.74) is 14.8. The van der Waals surface area contributed by atoms with Crippen molar-refractivity contribution in [2.24, 2.45) is 0 Å². The number of rotatable bonds is 6. The molecule has 0 aliphatic rings. The van der Waals surface area contributed by atoms with Gasteiger partial charge in [-0.2, -0.15) is 0 Å². The second-order valence-corrected chi connectivity index (χ2v) is 7.45. The number of nitrogens with two attached hydrogens (primary N) is 2. The van der Waals surface area contributed by atoms with Crippen LogP contribution in [0.5, 0.6) is 0 Å². The molecule has 0 aliphatic heterocycles. The molecule has 0 heterocycles. The van der Waals surface area contributed by atoms with Crippen LogP contribution in [0.25, 0.3) is 0 Å². The summed E-state index contributed by atoms with van der Waals surface area (Å²) in [5.74, 6) is 0. The Bertz CT molecular complexity index is 849. The van der Waals surface area contributed by atoms with Crippen LogP contribution in [0.4, 0.5) is 28.4 Å². The van der Waals surface area contributed by atoms with Crippen molar-refractivity contribution >= 4 is 36.0 Å². The van der Waals surface area contributed by atoms with Crippen LogP contribution in [0, 0.1) is 0 Å². The van der Waals surface area contributed by atoms with Crippen LogP contribution >= 0.6 is 7.59 Å². The second kappa shape index (κ2) is 7.20. The summed E-state index contributed by atoms with van der Waals surface area (Å²) in [4.78, 5) is 0. The predicted molar refractivity (Wildman–Crippen MR) is 107 cm³/mol. The van der Waals surface area contributed by atoms with Crippen LogP contribution in [0.2, 0.25) is 0 Å². The molecule has 0 fully saturated rings. The van der Waals surface area contributed by atoms with Gasteiger partial charge < -0.3 is 26.7 Å². The van der Waals surface area contributed by atoms with E-state index in [-0.39, 0.29) is 0 Å². The highest BCUT2D eigenvalue weighted by molar-refractivity contribution is 7.68. The maximum Gasteiger partial charge on any atom is 0.352 e. The van der Waals surface area contributed by atoms with E-state index in [1.54, 1.807) is 48.5 Å². The quantitative estimate of drug-likeness (QED) is 0.328. The third-order valence-corrected chi connectivity index (χ3v) is 5.13. The molecule has 0 unspecified atom stereocenters. The SMILES string of the molecule is Nc1cccc(NP(=O)(Nc2ccccc2)Nc2cccc(N)c2)c1. The van der Waals surface area contributed by atoms with Gasteiger partial charge in [-0.15, -0.1) is 0 Å². The van der Waals surface area contributed by atoms with E-state index >= 15 is 0 Å². The number of anilines is 5. The van der Waals surface area contributed by atoms with E-state index < -0.39 is 7.59 Å². The van der Waals surface area contributed by atoms with Gasteiger partial charge in [0.2, 0.25) is 0 Å². The van der Waals surface area contributed by atoms with Crippen molar-refractivity contribution in [3.05, 3.63) is 78.9 Å². The number of para-hydroxylation sites is 1. The molecule has 6 nitrogen and oxygen atoms in total. The van der Waals surface area contributed by atoms with Gasteiger partial charge >= 0.3 is 7.59 Å². The van der Waals surface area contributed by atoms with E-state index in [9.17, 15) is 4.57 Å². The van der Waals surface area contributed by atoms with Crippen molar-refractivity contribution in [2.45, 2.75) is 0 Å². The fourth-order valence-electron chi connectivity index (χ4n) is 2.36. The molecule has 7 N–H and O–H groups in total. The van der Waals surface area contributed by atoms with Gasteiger partial charge in [-0.1, -0.05) is 30.3 Å². The first-order valence-electron chi connectivity index (χ1n) is 7.73. The third kappa shape index (κ3) is 4.68. The maximum absolute atomic E-state index is 13.5. The first kappa shape index (κ1) is 16.7. The minimum atomic E-state index is -3.29. The smallest absolute Gasteiger partial charge is 0.352 e. The van der Waals surface area contributed by atoms with Gasteiger partial charge in [0.05, 0.1) is 0 Å². The van der Waals surface area contributed by atoms with Crippen LogP contribution in [0.15, 0.2) is 78.9 Å². The molecule has 3 aromatic rings. The topological polar surface area (TPSA) is 105 Å². The van der Waals surface area contributed by atoms with Gasteiger partial charge in [-0.3, -0.25) is 4.57 Å². The van der Waals surface area contributed by atoms with Gasteiger partial charge in [-0.05, 0) is 48.5 Å². The van der Waals surface area contributed by atoms with E-state index in [2.05, 4.69) is 15.3 Å². The van der Waals surface area contributed by atoms with Crippen LogP contribution in [-0.2, 0) is 4.57 Å². The molecular weight excluding hydrogens is 333 g/mol. The highest BCUT2D eigenvalue weighted by Gasteiger charge is 2.22. The summed E-state index contributed by atoms with van der Waals surface area (Å²) in [6, 6.07) is 23.5. The summed E-state index contributed by atoms with van der Waals surface area (Å²) >= 11 is 0. The molecular formula is C18H20N5OP. The molecule has 0 saturated carbocycles. The largest absolute Gasteiger partial charge is 0.399 e. The van der Waals surface area contributed by atoms with Gasteiger partial charge in [0, 0.05) is 28.4 Å².